The van der Waals surface area contributed by atoms with Gasteiger partial charge in [-0.25, -0.2) is 4.79 Å². The number of methoxy groups -OCH3 is 1. The van der Waals surface area contributed by atoms with Crippen molar-refractivity contribution < 1.29 is 13.9 Å². The molecule has 100 valence electrons. The molecule has 1 heterocycles. The fraction of sp³-hybridized carbons (Fsp3) is 0.267. The summed E-state index contributed by atoms with van der Waals surface area (Å²) in [5.74, 6) is 1.09. The molecule has 1 aromatic heterocycles. The molecule has 0 fully saturated rings. The summed E-state index contributed by atoms with van der Waals surface area (Å²) in [6.45, 7) is 7.48. The van der Waals surface area contributed by atoms with Crippen LogP contribution < -0.4 is 15.1 Å². The fourth-order valence-electron chi connectivity index (χ4n) is 1.64. The minimum atomic E-state index is -0.546. The minimum Gasteiger partial charge on any atom is -0.493 e. The number of ether oxygens (including phenoxy) is 2. The average molecular weight is 260 g/mol. The van der Waals surface area contributed by atoms with Gasteiger partial charge in [0.25, 0.3) is 0 Å². The largest absolute Gasteiger partial charge is 0.493 e. The van der Waals surface area contributed by atoms with Gasteiger partial charge in [0.05, 0.1) is 7.11 Å². The van der Waals surface area contributed by atoms with Crippen molar-refractivity contribution >= 4 is 11.0 Å². The SMILES string of the molecule is C=CC(C)(C)Oc1cc2oc(=O)ccc2cc1OC. The van der Waals surface area contributed by atoms with E-state index in [1.54, 1.807) is 31.4 Å². The summed E-state index contributed by atoms with van der Waals surface area (Å²) in [5.41, 5.74) is -0.481. The smallest absolute Gasteiger partial charge is 0.336 e. The highest BCUT2D eigenvalue weighted by molar-refractivity contribution is 5.80. The molecule has 2 aromatic rings. The summed E-state index contributed by atoms with van der Waals surface area (Å²) in [6, 6.07) is 6.48. The Kier molecular flexibility index (Phi) is 3.34. The van der Waals surface area contributed by atoms with Crippen LogP contribution in [0.3, 0.4) is 0 Å². The highest BCUT2D eigenvalue weighted by Crippen LogP contribution is 2.34. The van der Waals surface area contributed by atoms with E-state index in [9.17, 15) is 4.79 Å². The first-order valence-electron chi connectivity index (χ1n) is 5.90. The highest BCUT2D eigenvalue weighted by atomic mass is 16.5. The van der Waals surface area contributed by atoms with E-state index in [4.69, 9.17) is 13.9 Å². The Bertz CT molecular complexity index is 667. The summed E-state index contributed by atoms with van der Waals surface area (Å²) in [7, 11) is 1.56. The van der Waals surface area contributed by atoms with Gasteiger partial charge in [0.1, 0.15) is 11.2 Å². The van der Waals surface area contributed by atoms with Crippen LogP contribution in [0.5, 0.6) is 11.5 Å². The van der Waals surface area contributed by atoms with Crippen LogP contribution in [0, 0.1) is 0 Å². The van der Waals surface area contributed by atoms with Crippen molar-refractivity contribution in [3.63, 3.8) is 0 Å². The minimum absolute atomic E-state index is 0.397. The summed E-state index contributed by atoms with van der Waals surface area (Å²) in [6.07, 6.45) is 1.69. The molecule has 0 aliphatic carbocycles. The second kappa shape index (κ2) is 4.80. The van der Waals surface area contributed by atoms with Crippen LogP contribution in [0.15, 0.2) is 46.1 Å². The Morgan fingerprint density at radius 2 is 2.00 bits per heavy atom. The monoisotopic (exact) mass is 260 g/mol. The maximum atomic E-state index is 11.2. The van der Waals surface area contributed by atoms with Gasteiger partial charge in [0, 0.05) is 17.5 Å². The summed E-state index contributed by atoms with van der Waals surface area (Å²) >= 11 is 0. The zero-order valence-electron chi connectivity index (χ0n) is 11.2. The topological polar surface area (TPSA) is 48.7 Å². The average Bonchev–Trinajstić information content (AvgIpc) is 2.37. The van der Waals surface area contributed by atoms with Gasteiger partial charge in [-0.3, -0.25) is 0 Å². The highest BCUT2D eigenvalue weighted by Gasteiger charge is 2.18. The number of hydrogen-bond donors (Lipinski definition) is 0. The number of benzene rings is 1. The van der Waals surface area contributed by atoms with E-state index in [2.05, 4.69) is 6.58 Å². The Morgan fingerprint density at radius 1 is 1.26 bits per heavy atom. The molecule has 0 saturated heterocycles. The first-order chi connectivity index (χ1) is 8.95. The molecule has 0 saturated carbocycles. The van der Waals surface area contributed by atoms with Gasteiger partial charge < -0.3 is 13.9 Å². The normalized spacial score (nSPS) is 11.3. The maximum absolute atomic E-state index is 11.2. The Hall–Kier alpha value is -2.23. The molecule has 0 aliphatic rings. The quantitative estimate of drug-likeness (QED) is 0.626. The second-order valence-corrected chi connectivity index (χ2v) is 4.70. The number of rotatable bonds is 4. The van der Waals surface area contributed by atoms with Crippen LogP contribution >= 0.6 is 0 Å². The predicted octanol–water partition coefficient (Wildman–Crippen LogP) is 3.15. The van der Waals surface area contributed by atoms with Gasteiger partial charge in [-0.05, 0) is 32.1 Å². The van der Waals surface area contributed by atoms with Crippen molar-refractivity contribution in [2.45, 2.75) is 19.4 Å². The van der Waals surface area contributed by atoms with Gasteiger partial charge in [0.15, 0.2) is 11.5 Å². The van der Waals surface area contributed by atoms with Gasteiger partial charge in [0.2, 0.25) is 0 Å². The van der Waals surface area contributed by atoms with Crippen molar-refractivity contribution in [2.24, 2.45) is 0 Å². The third-order valence-corrected chi connectivity index (χ3v) is 2.77. The second-order valence-electron chi connectivity index (χ2n) is 4.70. The van der Waals surface area contributed by atoms with Crippen molar-refractivity contribution in [3.8, 4) is 11.5 Å². The molecule has 19 heavy (non-hydrogen) atoms. The van der Waals surface area contributed by atoms with Crippen LogP contribution in [0.2, 0.25) is 0 Å². The van der Waals surface area contributed by atoms with E-state index in [-0.39, 0.29) is 0 Å². The lowest BCUT2D eigenvalue weighted by molar-refractivity contribution is 0.156. The van der Waals surface area contributed by atoms with Gasteiger partial charge in [-0.15, -0.1) is 0 Å². The van der Waals surface area contributed by atoms with Crippen LogP contribution in [-0.2, 0) is 0 Å². The third kappa shape index (κ3) is 2.78. The number of hydrogen-bond acceptors (Lipinski definition) is 4. The zero-order chi connectivity index (χ0) is 14.0. The molecule has 4 nitrogen and oxygen atoms in total. The Morgan fingerprint density at radius 3 is 2.63 bits per heavy atom. The molecule has 0 atom stereocenters. The molecule has 0 radical (unpaired) electrons. The van der Waals surface area contributed by atoms with Crippen molar-refractivity contribution in [2.75, 3.05) is 7.11 Å². The summed E-state index contributed by atoms with van der Waals surface area (Å²) in [5, 5.41) is 0.778. The Labute approximate surface area is 111 Å². The molecule has 4 heteroatoms. The zero-order valence-corrected chi connectivity index (χ0v) is 11.2. The molecule has 0 unspecified atom stereocenters. The predicted molar refractivity (Wildman–Crippen MR) is 73.9 cm³/mol. The summed E-state index contributed by atoms with van der Waals surface area (Å²) < 4.78 is 16.2. The van der Waals surface area contributed by atoms with E-state index in [0.717, 1.165) is 5.39 Å². The van der Waals surface area contributed by atoms with E-state index in [1.165, 1.54) is 6.07 Å². The molecule has 1 aromatic carbocycles. The van der Waals surface area contributed by atoms with E-state index < -0.39 is 11.2 Å². The molecule has 2 rings (SSSR count). The van der Waals surface area contributed by atoms with Crippen LogP contribution in [0.4, 0.5) is 0 Å². The lowest BCUT2D eigenvalue weighted by Gasteiger charge is -2.23. The first kappa shape index (κ1) is 13.2. The lowest BCUT2D eigenvalue weighted by atomic mass is 10.1. The van der Waals surface area contributed by atoms with Crippen molar-refractivity contribution in [1.29, 1.82) is 0 Å². The maximum Gasteiger partial charge on any atom is 0.336 e. The van der Waals surface area contributed by atoms with Gasteiger partial charge >= 0.3 is 5.63 Å². The Balaban J connectivity index is 2.58. The van der Waals surface area contributed by atoms with Crippen molar-refractivity contribution in [3.05, 3.63) is 47.3 Å². The van der Waals surface area contributed by atoms with Crippen LogP contribution in [0.25, 0.3) is 11.0 Å². The standard InChI is InChI=1S/C15H16O4/c1-5-15(2,3)19-13-9-11-10(8-12(13)17-4)6-7-14(16)18-11/h5-9H,1H2,2-4H3. The van der Waals surface area contributed by atoms with Crippen LogP contribution in [-0.4, -0.2) is 12.7 Å². The molecule has 0 aliphatic heterocycles. The van der Waals surface area contributed by atoms with Gasteiger partial charge in [-0.2, -0.15) is 0 Å². The molecule has 0 N–H and O–H groups in total. The molecular formula is C15H16O4. The molecule has 0 spiro atoms. The number of fused-ring (bicyclic) bond motifs is 1. The molecule has 0 bridgehead atoms. The van der Waals surface area contributed by atoms with E-state index >= 15 is 0 Å². The molecular weight excluding hydrogens is 244 g/mol. The van der Waals surface area contributed by atoms with E-state index in [0.29, 0.717) is 17.1 Å². The van der Waals surface area contributed by atoms with Crippen molar-refractivity contribution in [1.82, 2.24) is 0 Å². The summed E-state index contributed by atoms with van der Waals surface area (Å²) in [4.78, 5) is 11.2. The molecule has 0 amide bonds. The fourth-order valence-corrected chi connectivity index (χ4v) is 1.64. The lowest BCUT2D eigenvalue weighted by Crippen LogP contribution is -2.24. The van der Waals surface area contributed by atoms with Gasteiger partial charge in [-0.1, -0.05) is 6.58 Å². The van der Waals surface area contributed by atoms with E-state index in [1.807, 2.05) is 13.8 Å². The first-order valence-corrected chi connectivity index (χ1v) is 5.90. The van der Waals surface area contributed by atoms with Crippen LogP contribution in [0.1, 0.15) is 13.8 Å². The third-order valence-electron chi connectivity index (χ3n) is 2.77.